The number of urea groups is 1. The number of hydrogen-bond donors (Lipinski definition) is 3. The highest BCUT2D eigenvalue weighted by Gasteiger charge is 2.16. The van der Waals surface area contributed by atoms with E-state index in [0.717, 1.165) is 12.0 Å². The SMILES string of the molecule is CC[C@@H](C)NC(=O)NC(=O)COC(=O)c1csc(NCc2ccccc2)n1. The van der Waals surface area contributed by atoms with Gasteiger partial charge in [-0.2, -0.15) is 0 Å². The fourth-order valence-corrected chi connectivity index (χ4v) is 2.63. The number of esters is 1. The van der Waals surface area contributed by atoms with Gasteiger partial charge in [-0.05, 0) is 18.9 Å². The number of aromatic nitrogens is 1. The third-order valence-corrected chi connectivity index (χ3v) is 4.38. The Labute approximate surface area is 161 Å². The van der Waals surface area contributed by atoms with Gasteiger partial charge in [-0.3, -0.25) is 10.1 Å². The van der Waals surface area contributed by atoms with Gasteiger partial charge in [0.15, 0.2) is 17.4 Å². The molecule has 1 aromatic heterocycles. The van der Waals surface area contributed by atoms with Crippen LogP contribution in [0.1, 0.15) is 36.3 Å². The molecule has 144 valence electrons. The number of hydrogen-bond acceptors (Lipinski definition) is 7. The highest BCUT2D eigenvalue weighted by atomic mass is 32.1. The van der Waals surface area contributed by atoms with Crippen molar-refractivity contribution < 1.29 is 19.1 Å². The van der Waals surface area contributed by atoms with Crippen LogP contribution in [0.2, 0.25) is 0 Å². The Hall–Kier alpha value is -2.94. The second kappa shape index (κ2) is 10.3. The molecule has 0 aliphatic carbocycles. The second-order valence-electron chi connectivity index (χ2n) is 5.78. The second-order valence-corrected chi connectivity index (χ2v) is 6.64. The summed E-state index contributed by atoms with van der Waals surface area (Å²) in [6.07, 6.45) is 0.737. The van der Waals surface area contributed by atoms with E-state index in [1.807, 2.05) is 44.2 Å². The molecular formula is C18H22N4O4S. The first-order chi connectivity index (χ1) is 13.0. The molecule has 9 heteroatoms. The number of imide groups is 1. The topological polar surface area (TPSA) is 109 Å². The molecule has 1 aromatic carbocycles. The van der Waals surface area contributed by atoms with Gasteiger partial charge in [-0.25, -0.2) is 14.6 Å². The average Bonchev–Trinajstić information content (AvgIpc) is 3.14. The maximum atomic E-state index is 12.0. The maximum absolute atomic E-state index is 12.0. The summed E-state index contributed by atoms with van der Waals surface area (Å²) in [5, 5.41) is 9.92. The molecule has 0 radical (unpaired) electrons. The zero-order valence-corrected chi connectivity index (χ0v) is 16.0. The van der Waals surface area contributed by atoms with Gasteiger partial charge in [0, 0.05) is 18.0 Å². The highest BCUT2D eigenvalue weighted by molar-refractivity contribution is 7.13. The number of nitrogens with zero attached hydrogens (tertiary/aromatic N) is 1. The molecule has 0 saturated heterocycles. The minimum atomic E-state index is -0.725. The standard InChI is InChI=1S/C18H22N4O4S/c1-3-12(2)20-17(25)22-15(23)10-26-16(24)14-11-27-18(21-14)19-9-13-7-5-4-6-8-13/h4-8,11-12H,3,9-10H2,1-2H3,(H,19,21)(H2,20,22,23,25)/t12-/m1/s1. The predicted molar refractivity (Wildman–Crippen MR) is 103 cm³/mol. The van der Waals surface area contributed by atoms with E-state index in [4.69, 9.17) is 4.74 Å². The number of ether oxygens (including phenoxy) is 1. The maximum Gasteiger partial charge on any atom is 0.358 e. The molecule has 0 unspecified atom stereocenters. The van der Waals surface area contributed by atoms with Crippen LogP contribution in [-0.4, -0.2) is 35.5 Å². The highest BCUT2D eigenvalue weighted by Crippen LogP contribution is 2.17. The molecule has 3 amide bonds. The van der Waals surface area contributed by atoms with Crippen molar-refractivity contribution in [1.82, 2.24) is 15.6 Å². The summed E-state index contributed by atoms with van der Waals surface area (Å²) in [7, 11) is 0. The molecule has 0 spiro atoms. The lowest BCUT2D eigenvalue weighted by atomic mass is 10.2. The molecule has 0 aliphatic rings. The van der Waals surface area contributed by atoms with Crippen LogP contribution in [0.3, 0.4) is 0 Å². The van der Waals surface area contributed by atoms with Gasteiger partial charge in [0.1, 0.15) is 0 Å². The molecule has 8 nitrogen and oxygen atoms in total. The molecule has 0 fully saturated rings. The molecular weight excluding hydrogens is 368 g/mol. The van der Waals surface area contributed by atoms with Gasteiger partial charge < -0.3 is 15.4 Å². The van der Waals surface area contributed by atoms with Crippen LogP contribution in [0.4, 0.5) is 9.93 Å². The van der Waals surface area contributed by atoms with E-state index in [1.165, 1.54) is 11.3 Å². The Morgan fingerprint density at radius 2 is 1.96 bits per heavy atom. The summed E-state index contributed by atoms with van der Waals surface area (Å²) in [4.78, 5) is 39.3. The molecule has 0 aliphatic heterocycles. The lowest BCUT2D eigenvalue weighted by Gasteiger charge is -2.11. The average molecular weight is 390 g/mol. The number of anilines is 1. The number of rotatable bonds is 8. The van der Waals surface area contributed by atoms with Crippen molar-refractivity contribution in [3.8, 4) is 0 Å². The minimum absolute atomic E-state index is 0.0582. The Bertz CT molecular complexity index is 779. The van der Waals surface area contributed by atoms with Crippen LogP contribution in [0.25, 0.3) is 0 Å². The Kier molecular flexibility index (Phi) is 7.75. The molecule has 1 heterocycles. The Morgan fingerprint density at radius 3 is 2.67 bits per heavy atom. The van der Waals surface area contributed by atoms with E-state index in [1.54, 1.807) is 5.38 Å². The van der Waals surface area contributed by atoms with Gasteiger partial charge in [0.25, 0.3) is 5.91 Å². The van der Waals surface area contributed by atoms with Crippen molar-refractivity contribution in [2.45, 2.75) is 32.9 Å². The van der Waals surface area contributed by atoms with Gasteiger partial charge in [-0.15, -0.1) is 11.3 Å². The van der Waals surface area contributed by atoms with Crippen LogP contribution in [0, 0.1) is 0 Å². The number of carbonyl (C=O) groups is 3. The summed E-state index contributed by atoms with van der Waals surface area (Å²) in [6, 6.07) is 9.10. The van der Waals surface area contributed by atoms with Crippen LogP contribution < -0.4 is 16.0 Å². The van der Waals surface area contributed by atoms with E-state index >= 15 is 0 Å². The zero-order chi connectivity index (χ0) is 19.6. The van der Waals surface area contributed by atoms with Gasteiger partial charge in [0.2, 0.25) is 0 Å². The Balaban J connectivity index is 1.75. The third-order valence-electron chi connectivity index (χ3n) is 3.58. The van der Waals surface area contributed by atoms with Gasteiger partial charge in [0.05, 0.1) is 0 Å². The molecule has 0 bridgehead atoms. The van der Waals surface area contributed by atoms with Crippen molar-refractivity contribution in [2.75, 3.05) is 11.9 Å². The van der Waals surface area contributed by atoms with Crippen molar-refractivity contribution in [2.24, 2.45) is 0 Å². The molecule has 27 heavy (non-hydrogen) atoms. The Morgan fingerprint density at radius 1 is 1.22 bits per heavy atom. The molecule has 0 saturated carbocycles. The summed E-state index contributed by atoms with van der Waals surface area (Å²) in [5.74, 6) is -1.43. The smallest absolute Gasteiger partial charge is 0.358 e. The van der Waals surface area contributed by atoms with E-state index in [9.17, 15) is 14.4 Å². The molecule has 3 N–H and O–H groups in total. The van der Waals surface area contributed by atoms with Crippen LogP contribution >= 0.6 is 11.3 Å². The predicted octanol–water partition coefficient (Wildman–Crippen LogP) is 2.54. The van der Waals surface area contributed by atoms with Crippen molar-refractivity contribution in [3.63, 3.8) is 0 Å². The lowest BCUT2D eigenvalue weighted by molar-refractivity contribution is -0.123. The van der Waals surface area contributed by atoms with Crippen molar-refractivity contribution in [3.05, 3.63) is 47.0 Å². The van der Waals surface area contributed by atoms with Crippen LogP contribution in [0.15, 0.2) is 35.7 Å². The first-order valence-electron chi connectivity index (χ1n) is 8.48. The fraction of sp³-hybridized carbons (Fsp3) is 0.333. The third kappa shape index (κ3) is 7.06. The van der Waals surface area contributed by atoms with Crippen LogP contribution in [0.5, 0.6) is 0 Å². The fourth-order valence-electron chi connectivity index (χ4n) is 1.95. The molecule has 2 aromatic rings. The first kappa shape index (κ1) is 20.4. The lowest BCUT2D eigenvalue weighted by Crippen LogP contribution is -2.44. The van der Waals surface area contributed by atoms with Crippen molar-refractivity contribution in [1.29, 1.82) is 0 Å². The molecule has 2 rings (SSSR count). The summed E-state index contributed by atoms with van der Waals surface area (Å²) < 4.78 is 4.88. The quantitative estimate of drug-likeness (QED) is 0.598. The van der Waals surface area contributed by atoms with E-state index < -0.39 is 24.5 Å². The number of benzene rings is 1. The van der Waals surface area contributed by atoms with E-state index in [2.05, 4.69) is 20.9 Å². The number of carbonyl (C=O) groups excluding carboxylic acids is 3. The summed E-state index contributed by atoms with van der Waals surface area (Å²) in [5.41, 5.74) is 1.19. The normalized spacial score (nSPS) is 11.3. The van der Waals surface area contributed by atoms with E-state index in [-0.39, 0.29) is 11.7 Å². The monoisotopic (exact) mass is 390 g/mol. The van der Waals surface area contributed by atoms with E-state index in [0.29, 0.717) is 11.7 Å². The van der Waals surface area contributed by atoms with Gasteiger partial charge >= 0.3 is 12.0 Å². The largest absolute Gasteiger partial charge is 0.451 e. The van der Waals surface area contributed by atoms with Crippen molar-refractivity contribution >= 4 is 34.4 Å². The minimum Gasteiger partial charge on any atom is -0.451 e. The summed E-state index contributed by atoms with van der Waals surface area (Å²) in [6.45, 7) is 3.74. The number of thiazole rings is 1. The van der Waals surface area contributed by atoms with Gasteiger partial charge in [-0.1, -0.05) is 37.3 Å². The number of amides is 3. The summed E-state index contributed by atoms with van der Waals surface area (Å²) >= 11 is 1.26. The molecule has 1 atom stereocenters. The first-order valence-corrected chi connectivity index (χ1v) is 9.36. The number of nitrogens with one attached hydrogen (secondary N) is 3. The van der Waals surface area contributed by atoms with Crippen LogP contribution in [-0.2, 0) is 16.1 Å². The zero-order valence-electron chi connectivity index (χ0n) is 15.2.